The number of rotatable bonds is 4. The first-order valence-electron chi connectivity index (χ1n) is 6.38. The van der Waals surface area contributed by atoms with E-state index in [4.69, 9.17) is 0 Å². The van der Waals surface area contributed by atoms with E-state index in [-0.39, 0.29) is 0 Å². The van der Waals surface area contributed by atoms with Crippen LogP contribution in [0.5, 0.6) is 0 Å². The Kier molecular flexibility index (Phi) is 2.28. The van der Waals surface area contributed by atoms with Gasteiger partial charge in [-0.2, -0.15) is 0 Å². The van der Waals surface area contributed by atoms with Gasteiger partial charge in [0.1, 0.15) is 0 Å². The van der Waals surface area contributed by atoms with Gasteiger partial charge in [-0.1, -0.05) is 0 Å². The van der Waals surface area contributed by atoms with Gasteiger partial charge in [-0.15, -0.1) is 0 Å². The van der Waals surface area contributed by atoms with E-state index in [1.807, 2.05) is 19.0 Å². The summed E-state index contributed by atoms with van der Waals surface area (Å²) < 4.78 is 0. The Bertz CT molecular complexity index is 505. The third-order valence-electron chi connectivity index (χ3n) is 4.43. The Hall–Kier alpha value is -1.31. The van der Waals surface area contributed by atoms with Gasteiger partial charge in [0.25, 0.3) is 11.8 Å². The summed E-state index contributed by atoms with van der Waals surface area (Å²) in [5, 5.41) is 10.1. The van der Waals surface area contributed by atoms with Crippen LogP contribution in [0.25, 0.3) is 0 Å². The van der Waals surface area contributed by atoms with E-state index in [2.05, 4.69) is 0 Å². The molecule has 1 saturated carbocycles. The first-order chi connectivity index (χ1) is 8.81. The number of hydrogen-bond donors (Lipinski definition) is 1. The molecule has 2 heterocycles. The van der Waals surface area contributed by atoms with Crippen LogP contribution in [-0.4, -0.2) is 81.9 Å². The summed E-state index contributed by atoms with van der Waals surface area (Å²) in [6.45, 7) is 3.03. The number of ketones is 1. The molecule has 7 heteroatoms. The number of imide groups is 1. The van der Waals surface area contributed by atoms with Gasteiger partial charge in [0, 0.05) is 6.54 Å². The fraction of sp³-hybridized carbons (Fsp3) is 0.750. The van der Waals surface area contributed by atoms with Crippen LogP contribution in [0.4, 0.5) is 0 Å². The monoisotopic (exact) mass is 267 g/mol. The molecule has 104 valence electrons. The van der Waals surface area contributed by atoms with Gasteiger partial charge in [0.2, 0.25) is 16.9 Å². The van der Waals surface area contributed by atoms with Gasteiger partial charge >= 0.3 is 0 Å². The summed E-state index contributed by atoms with van der Waals surface area (Å²) in [6, 6.07) is 0. The number of piperidine rings is 1. The number of amides is 2. The Morgan fingerprint density at radius 2 is 1.89 bits per heavy atom. The van der Waals surface area contributed by atoms with Crippen LogP contribution in [0.15, 0.2) is 0 Å². The zero-order valence-electron chi connectivity index (χ0n) is 11.2. The second kappa shape index (κ2) is 3.41. The van der Waals surface area contributed by atoms with E-state index in [1.165, 1.54) is 0 Å². The van der Waals surface area contributed by atoms with Crippen LogP contribution < -0.4 is 0 Å². The highest BCUT2D eigenvalue weighted by Crippen LogP contribution is 2.60. The lowest BCUT2D eigenvalue weighted by molar-refractivity contribution is -0.151. The average Bonchev–Trinajstić information content (AvgIpc) is 2.65. The number of Topliss-reactive ketones (excluding diaryl/α,β-unsaturated/α-hetero) is 1. The molecule has 3 rings (SSSR count). The molecule has 1 aliphatic carbocycles. The van der Waals surface area contributed by atoms with Gasteiger partial charge in [0.15, 0.2) is 0 Å². The first kappa shape index (κ1) is 12.7. The largest absolute Gasteiger partial charge is 0.371 e. The first-order valence-corrected chi connectivity index (χ1v) is 6.38. The summed E-state index contributed by atoms with van der Waals surface area (Å²) in [5.41, 5.74) is -3.70. The number of aliphatic hydroxyl groups is 1. The van der Waals surface area contributed by atoms with Crippen molar-refractivity contribution < 1.29 is 19.5 Å². The van der Waals surface area contributed by atoms with Gasteiger partial charge in [-0.3, -0.25) is 24.2 Å². The van der Waals surface area contributed by atoms with Crippen molar-refractivity contribution in [3.63, 3.8) is 0 Å². The maximum Gasteiger partial charge on any atom is 0.273 e. The molecule has 3 atom stereocenters. The molecule has 1 N–H and O–H groups in total. The predicted octanol–water partition coefficient (Wildman–Crippen LogP) is -1.98. The van der Waals surface area contributed by atoms with Crippen molar-refractivity contribution in [3.8, 4) is 0 Å². The minimum atomic E-state index is -2.10. The number of fused-ring (bicyclic) bond motifs is 1. The third-order valence-corrected chi connectivity index (χ3v) is 4.43. The number of hydrogen-bond acceptors (Lipinski definition) is 6. The Morgan fingerprint density at radius 1 is 1.26 bits per heavy atom. The molecule has 19 heavy (non-hydrogen) atoms. The quantitative estimate of drug-likeness (QED) is 0.470. The molecule has 2 bridgehead atoms. The third kappa shape index (κ3) is 1.08. The summed E-state index contributed by atoms with van der Waals surface area (Å²) in [5.74, 6) is -1.96. The van der Waals surface area contributed by atoms with Gasteiger partial charge in [-0.25, -0.2) is 0 Å². The molecule has 3 unspecified atom stereocenters. The molecule has 2 saturated heterocycles. The fourth-order valence-electron chi connectivity index (χ4n) is 3.43. The minimum Gasteiger partial charge on any atom is -0.371 e. The van der Waals surface area contributed by atoms with Crippen LogP contribution >= 0.6 is 0 Å². The molecule has 2 amide bonds. The molecule has 3 fully saturated rings. The highest BCUT2D eigenvalue weighted by atomic mass is 16.4. The summed E-state index contributed by atoms with van der Waals surface area (Å²) in [7, 11) is 3.88. The molecule has 1 spiro atoms. The molecule has 0 aromatic carbocycles. The molecule has 7 nitrogen and oxygen atoms in total. The van der Waals surface area contributed by atoms with Crippen LogP contribution in [-0.2, 0) is 14.4 Å². The van der Waals surface area contributed by atoms with E-state index >= 15 is 0 Å². The van der Waals surface area contributed by atoms with Gasteiger partial charge < -0.3 is 10.0 Å². The fourth-order valence-corrected chi connectivity index (χ4v) is 3.43. The van der Waals surface area contributed by atoms with Crippen LogP contribution in [0.3, 0.4) is 0 Å². The van der Waals surface area contributed by atoms with Crippen molar-refractivity contribution in [2.24, 2.45) is 0 Å². The lowest BCUT2D eigenvalue weighted by Crippen LogP contribution is -2.53. The van der Waals surface area contributed by atoms with E-state index < -0.39 is 34.9 Å². The smallest absolute Gasteiger partial charge is 0.273 e. The summed E-state index contributed by atoms with van der Waals surface area (Å²) in [6.07, 6.45) is 0.312. The summed E-state index contributed by atoms with van der Waals surface area (Å²) in [4.78, 5) is 40.6. The topological polar surface area (TPSA) is 81.2 Å². The SMILES string of the molecule is CC1N2C(=O)C3(O)C(=O)C3(C2=O)N1CCCN(C)C. The van der Waals surface area contributed by atoms with Gasteiger partial charge in [0.05, 0.1) is 6.17 Å². The molecule has 3 aliphatic rings. The number of carbonyl (C=O) groups excluding carboxylic acids is 3. The van der Waals surface area contributed by atoms with Crippen molar-refractivity contribution >= 4 is 17.6 Å². The van der Waals surface area contributed by atoms with Crippen molar-refractivity contribution in [2.75, 3.05) is 27.2 Å². The Morgan fingerprint density at radius 3 is 2.47 bits per heavy atom. The highest BCUT2D eigenvalue weighted by molar-refractivity contribution is 6.48. The standard InChI is InChI=1S/C12H17N3O4/c1-7-14(6-4-5-13(2)3)11-8(16)12(11,19)10(18)15(7)9(11)17/h7,19H,4-6H2,1-3H3. The van der Waals surface area contributed by atoms with Crippen LogP contribution in [0, 0.1) is 0 Å². The van der Waals surface area contributed by atoms with Gasteiger partial charge in [-0.05, 0) is 34.0 Å². The Balaban J connectivity index is 1.87. The normalized spacial score (nSPS) is 40.6. The van der Waals surface area contributed by atoms with Crippen LogP contribution in [0.1, 0.15) is 13.3 Å². The number of carbonyl (C=O) groups is 3. The van der Waals surface area contributed by atoms with Crippen molar-refractivity contribution in [2.45, 2.75) is 30.7 Å². The van der Waals surface area contributed by atoms with E-state index in [1.54, 1.807) is 11.8 Å². The summed E-state index contributed by atoms with van der Waals surface area (Å²) >= 11 is 0. The maximum absolute atomic E-state index is 12.1. The van der Waals surface area contributed by atoms with E-state index in [9.17, 15) is 19.5 Å². The zero-order chi connectivity index (χ0) is 14.2. The zero-order valence-corrected chi connectivity index (χ0v) is 11.2. The van der Waals surface area contributed by atoms with E-state index in [0.29, 0.717) is 6.54 Å². The molecule has 2 aliphatic heterocycles. The second-order valence-electron chi connectivity index (χ2n) is 5.71. The number of nitrogens with zero attached hydrogens (tertiary/aromatic N) is 3. The molecular weight excluding hydrogens is 250 g/mol. The van der Waals surface area contributed by atoms with Crippen molar-refractivity contribution in [1.29, 1.82) is 0 Å². The predicted molar refractivity (Wildman–Crippen MR) is 63.9 cm³/mol. The maximum atomic E-state index is 12.1. The molecule has 0 aromatic heterocycles. The minimum absolute atomic E-state index is 0.450. The van der Waals surface area contributed by atoms with E-state index in [0.717, 1.165) is 17.9 Å². The molecule has 0 aromatic rings. The lowest BCUT2D eigenvalue weighted by atomic mass is 10.1. The van der Waals surface area contributed by atoms with Crippen molar-refractivity contribution in [3.05, 3.63) is 0 Å². The average molecular weight is 267 g/mol. The van der Waals surface area contributed by atoms with Crippen LogP contribution in [0.2, 0.25) is 0 Å². The molecule has 0 radical (unpaired) electrons. The lowest BCUT2D eigenvalue weighted by Gasteiger charge is -2.31. The highest BCUT2D eigenvalue weighted by Gasteiger charge is 2.97. The second-order valence-corrected chi connectivity index (χ2v) is 5.71. The molecular formula is C12H17N3O4. The van der Waals surface area contributed by atoms with Crippen molar-refractivity contribution in [1.82, 2.24) is 14.7 Å². The Labute approximate surface area is 110 Å².